The van der Waals surface area contributed by atoms with Gasteiger partial charge in [-0.1, -0.05) is 24.3 Å². The van der Waals surface area contributed by atoms with E-state index in [1.807, 2.05) is 6.92 Å². The molecular weight excluding hydrogens is 204 g/mol. The van der Waals surface area contributed by atoms with Crippen LogP contribution in [-0.4, -0.2) is 24.8 Å². The molecule has 1 aromatic carbocycles. The number of hydrogen-bond acceptors (Lipinski definition) is 3. The zero-order valence-electron chi connectivity index (χ0n) is 9.07. The van der Waals surface area contributed by atoms with Crippen LogP contribution < -0.4 is 10.6 Å². The van der Waals surface area contributed by atoms with Crippen LogP contribution in [0.2, 0.25) is 0 Å². The Morgan fingerprint density at radius 2 is 2.00 bits per heavy atom. The number of amides is 1. The van der Waals surface area contributed by atoms with E-state index < -0.39 is 0 Å². The van der Waals surface area contributed by atoms with Gasteiger partial charge in [0.05, 0.1) is 0 Å². The van der Waals surface area contributed by atoms with Crippen LogP contribution in [0.1, 0.15) is 28.9 Å². The minimum Gasteiger partial charge on any atom is -0.351 e. The number of aldehydes is 1. The molecule has 0 radical (unpaired) electrons. The van der Waals surface area contributed by atoms with E-state index in [1.54, 1.807) is 24.3 Å². The Balaban J connectivity index is 2.17. The second-order valence-corrected chi connectivity index (χ2v) is 4.04. The van der Waals surface area contributed by atoms with Gasteiger partial charge in [-0.3, -0.25) is 9.59 Å². The Hall–Kier alpha value is -1.68. The molecule has 2 rings (SSSR count). The number of benzene rings is 1. The van der Waals surface area contributed by atoms with Gasteiger partial charge in [-0.15, -0.1) is 0 Å². The largest absolute Gasteiger partial charge is 0.351 e. The smallest absolute Gasteiger partial charge is 0.241 e. The maximum Gasteiger partial charge on any atom is 0.241 e. The molecule has 1 saturated heterocycles. The maximum absolute atomic E-state index is 11.7. The molecule has 2 N–H and O–H groups in total. The molecule has 4 heteroatoms. The Morgan fingerprint density at radius 3 is 2.56 bits per heavy atom. The first-order valence-corrected chi connectivity index (χ1v) is 5.29. The molecular formula is C12H14N2O2. The Morgan fingerprint density at radius 1 is 1.31 bits per heavy atom. The highest BCUT2D eigenvalue weighted by atomic mass is 16.2. The first-order valence-electron chi connectivity index (χ1n) is 5.29. The molecule has 0 bridgehead atoms. The third-order valence-electron chi connectivity index (χ3n) is 2.68. The summed E-state index contributed by atoms with van der Waals surface area (Å²) in [6.07, 6.45) is 0.792. The summed E-state index contributed by atoms with van der Waals surface area (Å²) >= 11 is 0. The average Bonchev–Trinajstić information content (AvgIpc) is 2.29. The SMILES string of the molecule is C[C@H]1CN[C@H](c2ccc(C=O)cc2)C(=O)N1. The second kappa shape index (κ2) is 4.45. The third kappa shape index (κ3) is 2.12. The van der Waals surface area contributed by atoms with Crippen LogP contribution in [0, 0.1) is 0 Å². The van der Waals surface area contributed by atoms with Crippen molar-refractivity contribution in [3.05, 3.63) is 35.4 Å². The number of rotatable bonds is 2. The van der Waals surface area contributed by atoms with Crippen LogP contribution >= 0.6 is 0 Å². The first-order chi connectivity index (χ1) is 7.70. The van der Waals surface area contributed by atoms with Crippen molar-refractivity contribution in [2.75, 3.05) is 6.54 Å². The van der Waals surface area contributed by atoms with Crippen LogP contribution in [0.4, 0.5) is 0 Å². The van der Waals surface area contributed by atoms with Gasteiger partial charge in [0.1, 0.15) is 12.3 Å². The van der Waals surface area contributed by atoms with Crippen molar-refractivity contribution in [2.45, 2.75) is 19.0 Å². The zero-order valence-corrected chi connectivity index (χ0v) is 9.07. The molecule has 4 nitrogen and oxygen atoms in total. The lowest BCUT2D eigenvalue weighted by molar-refractivity contribution is -0.125. The predicted octanol–water partition coefficient (Wildman–Crippen LogP) is 0.648. The molecule has 84 valence electrons. The fourth-order valence-corrected chi connectivity index (χ4v) is 1.80. The van der Waals surface area contributed by atoms with Crippen molar-refractivity contribution in [1.29, 1.82) is 0 Å². The summed E-state index contributed by atoms with van der Waals surface area (Å²) in [6.45, 7) is 2.71. The number of piperazine rings is 1. The van der Waals surface area contributed by atoms with Crippen LogP contribution in [-0.2, 0) is 4.79 Å². The highest BCUT2D eigenvalue weighted by molar-refractivity contribution is 5.84. The van der Waals surface area contributed by atoms with Gasteiger partial charge in [-0.25, -0.2) is 0 Å². The molecule has 0 aliphatic carbocycles. The molecule has 2 atom stereocenters. The number of nitrogens with one attached hydrogen (secondary N) is 2. The predicted molar refractivity (Wildman–Crippen MR) is 60.2 cm³/mol. The Bertz CT molecular complexity index is 400. The highest BCUT2D eigenvalue weighted by Gasteiger charge is 2.26. The van der Waals surface area contributed by atoms with E-state index in [0.29, 0.717) is 5.56 Å². The number of hydrogen-bond donors (Lipinski definition) is 2. The van der Waals surface area contributed by atoms with Gasteiger partial charge in [0, 0.05) is 18.2 Å². The van der Waals surface area contributed by atoms with Crippen molar-refractivity contribution in [2.24, 2.45) is 0 Å². The minimum absolute atomic E-state index is 0.0161. The van der Waals surface area contributed by atoms with Crippen LogP contribution in [0.15, 0.2) is 24.3 Å². The summed E-state index contributed by atoms with van der Waals surface area (Å²) < 4.78 is 0. The van der Waals surface area contributed by atoms with Crippen LogP contribution in [0.3, 0.4) is 0 Å². The van der Waals surface area contributed by atoms with E-state index in [0.717, 1.165) is 18.4 Å². The number of carbonyl (C=O) groups excluding carboxylic acids is 2. The second-order valence-electron chi connectivity index (χ2n) is 4.04. The molecule has 0 saturated carbocycles. The van der Waals surface area contributed by atoms with Gasteiger partial charge in [-0.2, -0.15) is 0 Å². The third-order valence-corrected chi connectivity index (χ3v) is 2.68. The van der Waals surface area contributed by atoms with Crippen molar-refractivity contribution in [1.82, 2.24) is 10.6 Å². The monoisotopic (exact) mass is 218 g/mol. The molecule has 1 fully saturated rings. The fraction of sp³-hybridized carbons (Fsp3) is 0.333. The number of carbonyl (C=O) groups is 2. The summed E-state index contributed by atoms with van der Waals surface area (Å²) in [6, 6.07) is 6.90. The van der Waals surface area contributed by atoms with Gasteiger partial charge < -0.3 is 10.6 Å². The van der Waals surface area contributed by atoms with Gasteiger partial charge >= 0.3 is 0 Å². The molecule has 1 aliphatic heterocycles. The summed E-state index contributed by atoms with van der Waals surface area (Å²) in [5.41, 5.74) is 1.50. The Kier molecular flexibility index (Phi) is 3.01. The lowest BCUT2D eigenvalue weighted by atomic mass is 10.0. The minimum atomic E-state index is -0.308. The van der Waals surface area contributed by atoms with Crippen LogP contribution in [0.5, 0.6) is 0 Å². The topological polar surface area (TPSA) is 58.2 Å². The van der Waals surface area contributed by atoms with Gasteiger partial charge in [-0.05, 0) is 12.5 Å². The summed E-state index contributed by atoms with van der Waals surface area (Å²) in [4.78, 5) is 22.2. The van der Waals surface area contributed by atoms with E-state index in [1.165, 1.54) is 0 Å². The molecule has 1 amide bonds. The molecule has 1 heterocycles. The van der Waals surface area contributed by atoms with E-state index in [9.17, 15) is 9.59 Å². The van der Waals surface area contributed by atoms with Crippen molar-refractivity contribution < 1.29 is 9.59 Å². The quantitative estimate of drug-likeness (QED) is 0.716. The van der Waals surface area contributed by atoms with E-state index in [4.69, 9.17) is 0 Å². The lowest BCUT2D eigenvalue weighted by Crippen LogP contribution is -2.52. The zero-order chi connectivity index (χ0) is 11.5. The molecule has 1 aliphatic rings. The van der Waals surface area contributed by atoms with Gasteiger partial charge in [0.25, 0.3) is 0 Å². The fourth-order valence-electron chi connectivity index (χ4n) is 1.80. The summed E-state index contributed by atoms with van der Waals surface area (Å²) in [5.74, 6) is -0.0161. The summed E-state index contributed by atoms with van der Waals surface area (Å²) in [7, 11) is 0. The van der Waals surface area contributed by atoms with Crippen molar-refractivity contribution in [3.8, 4) is 0 Å². The van der Waals surface area contributed by atoms with Crippen molar-refractivity contribution >= 4 is 12.2 Å². The van der Waals surface area contributed by atoms with E-state index in [-0.39, 0.29) is 18.0 Å². The maximum atomic E-state index is 11.7. The lowest BCUT2D eigenvalue weighted by Gasteiger charge is -2.28. The van der Waals surface area contributed by atoms with Gasteiger partial charge in [0.2, 0.25) is 5.91 Å². The molecule has 1 aromatic rings. The molecule has 0 aromatic heterocycles. The average molecular weight is 218 g/mol. The molecule has 0 unspecified atom stereocenters. The van der Waals surface area contributed by atoms with E-state index in [2.05, 4.69) is 10.6 Å². The highest BCUT2D eigenvalue weighted by Crippen LogP contribution is 2.16. The molecule has 16 heavy (non-hydrogen) atoms. The van der Waals surface area contributed by atoms with Gasteiger partial charge in [0.15, 0.2) is 0 Å². The van der Waals surface area contributed by atoms with E-state index >= 15 is 0 Å². The van der Waals surface area contributed by atoms with Crippen LogP contribution in [0.25, 0.3) is 0 Å². The normalized spacial score (nSPS) is 24.9. The first kappa shape index (κ1) is 10.8. The standard InChI is InChI=1S/C12H14N2O2/c1-8-6-13-11(12(16)14-8)10-4-2-9(7-15)3-5-10/h2-5,7-8,11,13H,6H2,1H3,(H,14,16)/t8-,11+/m0/s1. The Labute approximate surface area is 94.0 Å². The van der Waals surface area contributed by atoms with Crippen molar-refractivity contribution in [3.63, 3.8) is 0 Å². The summed E-state index contributed by atoms with van der Waals surface area (Å²) in [5, 5.41) is 6.06. The molecule has 0 spiro atoms.